The van der Waals surface area contributed by atoms with Gasteiger partial charge in [0.25, 0.3) is 0 Å². The predicted octanol–water partition coefficient (Wildman–Crippen LogP) is 2.34. The molecule has 1 aromatic rings. The van der Waals surface area contributed by atoms with Crippen LogP contribution in [0.4, 0.5) is 5.69 Å². The minimum atomic E-state index is -0.463. The molecule has 0 aromatic heterocycles. The number of benzene rings is 1. The van der Waals surface area contributed by atoms with Gasteiger partial charge in [-0.1, -0.05) is 31.9 Å². The van der Waals surface area contributed by atoms with E-state index in [2.05, 4.69) is 12.2 Å². The molecule has 0 heterocycles. The van der Waals surface area contributed by atoms with Gasteiger partial charge in [-0.05, 0) is 42.5 Å². The van der Waals surface area contributed by atoms with Gasteiger partial charge in [-0.25, -0.2) is 0 Å². The fourth-order valence-electron chi connectivity index (χ4n) is 3.09. The molecule has 1 amide bonds. The van der Waals surface area contributed by atoms with E-state index in [-0.39, 0.29) is 12.5 Å². The number of aliphatic hydroxyl groups excluding tert-OH is 1. The molecular weight excluding hydrogens is 264 g/mol. The molecule has 0 aliphatic heterocycles. The highest BCUT2D eigenvalue weighted by Gasteiger charge is 2.35. The van der Waals surface area contributed by atoms with Crippen LogP contribution in [0.5, 0.6) is 0 Å². The summed E-state index contributed by atoms with van der Waals surface area (Å²) in [5.74, 6) is 0.365. The van der Waals surface area contributed by atoms with Crippen LogP contribution in [0.15, 0.2) is 30.3 Å². The first kappa shape index (κ1) is 15.6. The van der Waals surface area contributed by atoms with E-state index in [0.29, 0.717) is 11.6 Å². The first-order chi connectivity index (χ1) is 10.0. The number of hydrogen-bond acceptors (Lipinski definition) is 3. The first-order valence-electron chi connectivity index (χ1n) is 7.50. The van der Waals surface area contributed by atoms with Crippen LogP contribution >= 0.6 is 0 Å². The van der Waals surface area contributed by atoms with Crippen molar-refractivity contribution in [3.05, 3.63) is 35.9 Å². The quantitative estimate of drug-likeness (QED) is 0.588. The molecule has 0 bridgehead atoms. The van der Waals surface area contributed by atoms with Crippen LogP contribution in [-0.2, 0) is 4.79 Å². The molecular formula is C17H24N2O2. The Morgan fingerprint density at radius 2 is 2.38 bits per heavy atom. The number of nitrogen functional groups attached to an aromatic ring is 1. The number of carbonyl (C=O) groups is 1. The standard InChI is InChI=1S/C17H24N2O2/c1-13-4-3-9-17(11-13,12-20)19-16(21)8-7-14-5-2-6-15(18)10-14/h2,5-8,10,13,20H,3-4,9,11-12,18H2,1H3,(H,19,21)/b8-7+. The highest BCUT2D eigenvalue weighted by Crippen LogP contribution is 2.31. The van der Waals surface area contributed by atoms with E-state index in [9.17, 15) is 9.90 Å². The summed E-state index contributed by atoms with van der Waals surface area (Å²) >= 11 is 0. The van der Waals surface area contributed by atoms with Crippen molar-refractivity contribution in [3.8, 4) is 0 Å². The van der Waals surface area contributed by atoms with Crippen LogP contribution < -0.4 is 11.1 Å². The van der Waals surface area contributed by atoms with Gasteiger partial charge in [0.15, 0.2) is 0 Å². The number of nitrogens with two attached hydrogens (primary N) is 1. The zero-order chi connectivity index (χ0) is 15.3. The van der Waals surface area contributed by atoms with Crippen molar-refractivity contribution in [2.45, 2.75) is 38.1 Å². The molecule has 0 radical (unpaired) electrons. The maximum absolute atomic E-state index is 12.1. The number of nitrogens with one attached hydrogen (secondary N) is 1. The maximum atomic E-state index is 12.1. The third-order valence-corrected chi connectivity index (χ3v) is 4.12. The zero-order valence-electron chi connectivity index (χ0n) is 12.5. The molecule has 1 fully saturated rings. The summed E-state index contributed by atoms with van der Waals surface area (Å²) in [6, 6.07) is 7.37. The van der Waals surface area contributed by atoms with Crippen molar-refractivity contribution >= 4 is 17.7 Å². The summed E-state index contributed by atoms with van der Waals surface area (Å²) in [5, 5.41) is 12.7. The van der Waals surface area contributed by atoms with Gasteiger partial charge >= 0.3 is 0 Å². The number of carbonyl (C=O) groups excluding carboxylic acids is 1. The highest BCUT2D eigenvalue weighted by atomic mass is 16.3. The Bertz CT molecular complexity index is 527. The Hall–Kier alpha value is -1.81. The fraction of sp³-hybridized carbons (Fsp3) is 0.471. The van der Waals surface area contributed by atoms with Crippen LogP contribution in [0.2, 0.25) is 0 Å². The molecule has 4 nitrogen and oxygen atoms in total. The van der Waals surface area contributed by atoms with Gasteiger partial charge < -0.3 is 16.2 Å². The third-order valence-electron chi connectivity index (χ3n) is 4.12. The van der Waals surface area contributed by atoms with Crippen molar-refractivity contribution in [1.29, 1.82) is 0 Å². The molecule has 4 heteroatoms. The van der Waals surface area contributed by atoms with E-state index in [1.165, 1.54) is 6.08 Å². The van der Waals surface area contributed by atoms with E-state index in [1.807, 2.05) is 24.3 Å². The summed E-state index contributed by atoms with van der Waals surface area (Å²) in [6.45, 7) is 2.16. The van der Waals surface area contributed by atoms with E-state index >= 15 is 0 Å². The van der Waals surface area contributed by atoms with Gasteiger partial charge in [-0.2, -0.15) is 0 Å². The average molecular weight is 288 g/mol. The van der Waals surface area contributed by atoms with Crippen LogP contribution in [0.25, 0.3) is 6.08 Å². The minimum Gasteiger partial charge on any atom is -0.399 e. The topological polar surface area (TPSA) is 75.3 Å². The Labute approximate surface area is 126 Å². The van der Waals surface area contributed by atoms with E-state index in [4.69, 9.17) is 5.73 Å². The molecule has 0 saturated heterocycles. The second-order valence-electron chi connectivity index (χ2n) is 6.13. The Morgan fingerprint density at radius 1 is 1.57 bits per heavy atom. The molecule has 114 valence electrons. The maximum Gasteiger partial charge on any atom is 0.244 e. The fourth-order valence-corrected chi connectivity index (χ4v) is 3.09. The Morgan fingerprint density at radius 3 is 3.05 bits per heavy atom. The highest BCUT2D eigenvalue weighted by molar-refractivity contribution is 5.92. The van der Waals surface area contributed by atoms with Crippen LogP contribution in [0.1, 0.15) is 38.2 Å². The molecule has 4 N–H and O–H groups in total. The van der Waals surface area contributed by atoms with Gasteiger partial charge in [-0.15, -0.1) is 0 Å². The smallest absolute Gasteiger partial charge is 0.244 e. The molecule has 1 aliphatic rings. The second-order valence-corrected chi connectivity index (χ2v) is 6.13. The third kappa shape index (κ3) is 4.33. The van der Waals surface area contributed by atoms with E-state index < -0.39 is 5.54 Å². The van der Waals surface area contributed by atoms with E-state index in [1.54, 1.807) is 6.08 Å². The lowest BCUT2D eigenvalue weighted by Crippen LogP contribution is -2.53. The molecule has 1 aromatic carbocycles. The van der Waals surface area contributed by atoms with Crippen molar-refractivity contribution in [3.63, 3.8) is 0 Å². The lowest BCUT2D eigenvalue weighted by molar-refractivity contribution is -0.119. The van der Waals surface area contributed by atoms with Gasteiger partial charge in [0.05, 0.1) is 12.1 Å². The lowest BCUT2D eigenvalue weighted by Gasteiger charge is -2.39. The van der Waals surface area contributed by atoms with Crippen LogP contribution in [0.3, 0.4) is 0 Å². The monoisotopic (exact) mass is 288 g/mol. The number of hydrogen-bond donors (Lipinski definition) is 3. The van der Waals surface area contributed by atoms with Gasteiger partial charge in [0.1, 0.15) is 0 Å². The van der Waals surface area contributed by atoms with Crippen molar-refractivity contribution in [2.24, 2.45) is 5.92 Å². The number of amides is 1. The van der Waals surface area contributed by atoms with Gasteiger partial charge in [-0.3, -0.25) is 4.79 Å². The normalized spacial score (nSPS) is 25.9. The average Bonchev–Trinajstić information content (AvgIpc) is 2.45. The molecule has 1 aliphatic carbocycles. The number of rotatable bonds is 4. The molecule has 2 atom stereocenters. The first-order valence-corrected chi connectivity index (χ1v) is 7.50. The number of aliphatic hydroxyl groups is 1. The summed E-state index contributed by atoms with van der Waals surface area (Å²) < 4.78 is 0. The largest absolute Gasteiger partial charge is 0.399 e. The summed E-state index contributed by atoms with van der Waals surface area (Å²) in [7, 11) is 0. The summed E-state index contributed by atoms with van der Waals surface area (Å²) in [5.41, 5.74) is 6.80. The van der Waals surface area contributed by atoms with Gasteiger partial charge in [0.2, 0.25) is 5.91 Å². The summed E-state index contributed by atoms with van der Waals surface area (Å²) in [6.07, 6.45) is 7.12. The molecule has 2 unspecified atom stereocenters. The SMILES string of the molecule is CC1CCCC(CO)(NC(=O)/C=C/c2cccc(N)c2)C1. The predicted molar refractivity (Wildman–Crippen MR) is 85.5 cm³/mol. The molecule has 0 spiro atoms. The Balaban J connectivity index is 2.00. The molecule has 2 rings (SSSR count). The Kier molecular flexibility index (Phi) is 5.02. The van der Waals surface area contributed by atoms with Crippen molar-refractivity contribution in [1.82, 2.24) is 5.32 Å². The molecule has 1 saturated carbocycles. The van der Waals surface area contributed by atoms with Crippen LogP contribution in [-0.4, -0.2) is 23.2 Å². The van der Waals surface area contributed by atoms with Crippen molar-refractivity contribution < 1.29 is 9.90 Å². The lowest BCUT2D eigenvalue weighted by atomic mass is 9.77. The zero-order valence-corrected chi connectivity index (χ0v) is 12.5. The second kappa shape index (κ2) is 6.76. The molecule has 21 heavy (non-hydrogen) atoms. The van der Waals surface area contributed by atoms with E-state index in [0.717, 1.165) is 31.2 Å². The number of anilines is 1. The van der Waals surface area contributed by atoms with Crippen molar-refractivity contribution in [2.75, 3.05) is 12.3 Å². The van der Waals surface area contributed by atoms with Crippen LogP contribution in [0, 0.1) is 5.92 Å². The minimum absolute atomic E-state index is 0.00476. The summed E-state index contributed by atoms with van der Waals surface area (Å²) in [4.78, 5) is 12.1. The van der Waals surface area contributed by atoms with Gasteiger partial charge in [0, 0.05) is 11.8 Å².